The Morgan fingerprint density at radius 2 is 1.79 bits per heavy atom. The summed E-state index contributed by atoms with van der Waals surface area (Å²) in [5.74, 6) is -1.42. The molecule has 0 spiro atoms. The number of ketones is 1. The summed E-state index contributed by atoms with van der Waals surface area (Å²) in [5.41, 5.74) is 2.87. The number of rotatable bonds is 10. The second kappa shape index (κ2) is 11.1. The van der Waals surface area contributed by atoms with Crippen LogP contribution in [0.1, 0.15) is 50.8 Å². The molecule has 0 unspecified atom stereocenters. The minimum absolute atomic E-state index is 0.192. The van der Waals surface area contributed by atoms with Gasteiger partial charge in [0.25, 0.3) is 5.91 Å². The van der Waals surface area contributed by atoms with Crippen LogP contribution in [0.15, 0.2) is 53.9 Å². The number of nitrogens with zero attached hydrogens (tertiary/aromatic N) is 1. The van der Waals surface area contributed by atoms with Crippen LogP contribution in [0, 0.1) is 19.8 Å². The lowest BCUT2D eigenvalue weighted by molar-refractivity contribution is -0.145. The van der Waals surface area contributed by atoms with Gasteiger partial charge in [0.1, 0.15) is 6.04 Å². The van der Waals surface area contributed by atoms with Gasteiger partial charge in [-0.05, 0) is 55.8 Å². The van der Waals surface area contributed by atoms with Crippen LogP contribution in [0.25, 0.3) is 0 Å². The maximum atomic E-state index is 12.8. The molecule has 0 aliphatic rings. The Hall–Kier alpha value is -3.19. The smallest absolute Gasteiger partial charge is 0.329 e. The molecular formula is C26H30N2O4S. The molecule has 0 bridgehead atoms. The first kappa shape index (κ1) is 24.5. The molecule has 6 nitrogen and oxygen atoms in total. The van der Waals surface area contributed by atoms with Crippen LogP contribution in [0.3, 0.4) is 0 Å². The van der Waals surface area contributed by atoms with Crippen LogP contribution < -0.4 is 5.32 Å². The second-order valence-corrected chi connectivity index (χ2v) is 9.39. The molecule has 1 aromatic carbocycles. The highest BCUT2D eigenvalue weighted by Crippen LogP contribution is 2.18. The van der Waals surface area contributed by atoms with E-state index < -0.39 is 12.0 Å². The van der Waals surface area contributed by atoms with Gasteiger partial charge in [-0.3, -0.25) is 9.59 Å². The molecule has 2 heterocycles. The van der Waals surface area contributed by atoms with Crippen molar-refractivity contribution >= 4 is 29.0 Å². The average molecular weight is 467 g/mol. The van der Waals surface area contributed by atoms with E-state index in [-0.39, 0.29) is 24.2 Å². The lowest BCUT2D eigenvalue weighted by Crippen LogP contribution is -2.45. The summed E-state index contributed by atoms with van der Waals surface area (Å²) in [4.78, 5) is 39.3. The van der Waals surface area contributed by atoms with E-state index in [1.807, 2.05) is 45.9 Å². The summed E-state index contributed by atoms with van der Waals surface area (Å²) in [6, 6.07) is 13.8. The van der Waals surface area contributed by atoms with E-state index in [2.05, 4.69) is 21.3 Å². The van der Waals surface area contributed by atoms with Crippen molar-refractivity contribution in [3.8, 4) is 0 Å². The Labute approximate surface area is 198 Å². The number of carbonyl (C=O) groups is 3. The standard InChI is InChI=1S/C26H30N2O4S/c1-17(2)24(27-25(30)20-9-6-5-7-10-20)26(31)32-16-23(29)22-15-18(3)28(19(22)4)13-12-21-11-8-14-33-21/h5-11,14-15,17,24H,12-13,16H2,1-4H3,(H,27,30)/t24-/m0/s1. The lowest BCUT2D eigenvalue weighted by Gasteiger charge is -2.20. The molecule has 7 heteroatoms. The number of esters is 1. The molecule has 0 aliphatic carbocycles. The van der Waals surface area contributed by atoms with Crippen LogP contribution in [0.5, 0.6) is 0 Å². The second-order valence-electron chi connectivity index (χ2n) is 8.36. The number of Topliss-reactive ketones (excluding diaryl/α,β-unsaturated/α-hetero) is 1. The Bertz CT molecular complexity index is 1100. The fourth-order valence-electron chi connectivity index (χ4n) is 3.72. The van der Waals surface area contributed by atoms with Crippen molar-refractivity contribution in [2.45, 2.75) is 46.7 Å². The fraction of sp³-hybridized carbons (Fsp3) is 0.346. The van der Waals surface area contributed by atoms with Crippen LogP contribution in [-0.4, -0.2) is 34.9 Å². The Kier molecular flexibility index (Phi) is 8.22. The zero-order valence-corrected chi connectivity index (χ0v) is 20.3. The van der Waals surface area contributed by atoms with Gasteiger partial charge in [0.15, 0.2) is 6.61 Å². The first-order chi connectivity index (χ1) is 15.8. The van der Waals surface area contributed by atoms with Crippen LogP contribution >= 0.6 is 11.3 Å². The third-order valence-corrected chi connectivity index (χ3v) is 6.56. The molecule has 3 rings (SSSR count). The molecule has 1 N–H and O–H groups in total. The third kappa shape index (κ3) is 6.20. The number of thiophene rings is 1. The van der Waals surface area contributed by atoms with Gasteiger partial charge in [-0.25, -0.2) is 4.79 Å². The Balaban J connectivity index is 1.61. The minimum Gasteiger partial charge on any atom is -0.456 e. The van der Waals surface area contributed by atoms with Crippen molar-refractivity contribution in [3.05, 3.63) is 81.3 Å². The van der Waals surface area contributed by atoms with Gasteiger partial charge in [0.05, 0.1) is 0 Å². The highest BCUT2D eigenvalue weighted by molar-refractivity contribution is 7.09. The van der Waals surface area contributed by atoms with E-state index >= 15 is 0 Å². The predicted octanol–water partition coefficient (Wildman–Crippen LogP) is 4.59. The van der Waals surface area contributed by atoms with Crippen molar-refractivity contribution in [2.75, 3.05) is 6.61 Å². The van der Waals surface area contributed by atoms with Crippen molar-refractivity contribution in [1.82, 2.24) is 9.88 Å². The number of nitrogens with one attached hydrogen (secondary N) is 1. The van der Waals surface area contributed by atoms with Gasteiger partial charge in [0.2, 0.25) is 5.78 Å². The summed E-state index contributed by atoms with van der Waals surface area (Å²) in [7, 11) is 0. The van der Waals surface area contributed by atoms with Gasteiger partial charge in [0, 0.05) is 33.9 Å². The zero-order chi connectivity index (χ0) is 24.0. The maximum absolute atomic E-state index is 12.8. The van der Waals surface area contributed by atoms with Crippen LogP contribution in [0.4, 0.5) is 0 Å². The zero-order valence-electron chi connectivity index (χ0n) is 19.5. The third-order valence-electron chi connectivity index (χ3n) is 5.62. The van der Waals surface area contributed by atoms with Gasteiger partial charge >= 0.3 is 5.97 Å². The van der Waals surface area contributed by atoms with Crippen molar-refractivity contribution < 1.29 is 19.1 Å². The first-order valence-corrected chi connectivity index (χ1v) is 11.9. The quantitative estimate of drug-likeness (QED) is 0.350. The van der Waals surface area contributed by atoms with Gasteiger partial charge < -0.3 is 14.6 Å². The van der Waals surface area contributed by atoms with Crippen molar-refractivity contribution in [3.63, 3.8) is 0 Å². The monoisotopic (exact) mass is 466 g/mol. The summed E-state index contributed by atoms with van der Waals surface area (Å²) in [5, 5.41) is 4.78. The molecule has 0 aliphatic heterocycles. The van der Waals surface area contributed by atoms with Crippen molar-refractivity contribution in [1.29, 1.82) is 0 Å². The van der Waals surface area contributed by atoms with E-state index in [1.54, 1.807) is 35.6 Å². The summed E-state index contributed by atoms with van der Waals surface area (Å²) >= 11 is 1.72. The van der Waals surface area contributed by atoms with E-state index in [0.29, 0.717) is 11.1 Å². The largest absolute Gasteiger partial charge is 0.456 e. The van der Waals surface area contributed by atoms with Crippen molar-refractivity contribution in [2.24, 2.45) is 5.92 Å². The minimum atomic E-state index is -0.844. The highest BCUT2D eigenvalue weighted by Gasteiger charge is 2.27. The topological polar surface area (TPSA) is 77.4 Å². The van der Waals surface area contributed by atoms with Gasteiger partial charge in [-0.2, -0.15) is 0 Å². The molecular weight excluding hydrogens is 436 g/mol. The number of carbonyl (C=O) groups excluding carboxylic acids is 3. The maximum Gasteiger partial charge on any atom is 0.329 e. The number of benzene rings is 1. The van der Waals surface area contributed by atoms with Crippen LogP contribution in [-0.2, 0) is 22.5 Å². The molecule has 33 heavy (non-hydrogen) atoms. The van der Waals surface area contributed by atoms with Gasteiger partial charge in [-0.1, -0.05) is 38.1 Å². The van der Waals surface area contributed by atoms with E-state index in [1.165, 1.54) is 4.88 Å². The van der Waals surface area contributed by atoms with E-state index in [4.69, 9.17) is 4.74 Å². The number of amides is 1. The fourth-order valence-corrected chi connectivity index (χ4v) is 4.42. The molecule has 0 fully saturated rings. The molecule has 1 amide bonds. The van der Waals surface area contributed by atoms with Gasteiger partial charge in [-0.15, -0.1) is 11.3 Å². The number of aromatic nitrogens is 1. The molecule has 0 saturated carbocycles. The molecule has 0 saturated heterocycles. The summed E-state index contributed by atoms with van der Waals surface area (Å²) in [6.45, 7) is 7.94. The summed E-state index contributed by atoms with van der Waals surface area (Å²) in [6.07, 6.45) is 0.897. The molecule has 1 atom stereocenters. The van der Waals surface area contributed by atoms with E-state index in [0.717, 1.165) is 24.4 Å². The highest BCUT2D eigenvalue weighted by atomic mass is 32.1. The lowest BCUT2D eigenvalue weighted by atomic mass is 10.0. The SMILES string of the molecule is Cc1cc(C(=O)COC(=O)[C@@H](NC(=O)c2ccccc2)C(C)C)c(C)n1CCc1cccs1. The number of hydrogen-bond donors (Lipinski definition) is 1. The van der Waals surface area contributed by atoms with E-state index in [9.17, 15) is 14.4 Å². The normalized spacial score (nSPS) is 11.9. The molecule has 3 aromatic rings. The van der Waals surface area contributed by atoms with Crippen LogP contribution in [0.2, 0.25) is 0 Å². The first-order valence-electron chi connectivity index (χ1n) is 11.0. The molecule has 174 valence electrons. The average Bonchev–Trinajstić information content (AvgIpc) is 3.42. The Morgan fingerprint density at radius 3 is 2.42 bits per heavy atom. The predicted molar refractivity (Wildman–Crippen MR) is 130 cm³/mol. The number of hydrogen-bond acceptors (Lipinski definition) is 5. The molecule has 0 radical (unpaired) electrons. The Morgan fingerprint density at radius 1 is 1.06 bits per heavy atom. The number of aryl methyl sites for hydroxylation is 2. The molecule has 2 aromatic heterocycles. The summed E-state index contributed by atoms with van der Waals surface area (Å²) < 4.78 is 7.45. The number of ether oxygens (including phenoxy) is 1.